The number of hydrogen-bond donors (Lipinski definition) is 1. The predicted molar refractivity (Wildman–Crippen MR) is 98.3 cm³/mol. The average Bonchev–Trinajstić information content (AvgIpc) is 3.24. The van der Waals surface area contributed by atoms with Gasteiger partial charge in [0.05, 0.1) is 17.7 Å². The number of thioether (sulfide) groups is 1. The molecular weight excluding hydrogens is 355 g/mol. The van der Waals surface area contributed by atoms with Crippen LogP contribution in [0.25, 0.3) is 11.6 Å². The molecule has 0 fully saturated rings. The highest BCUT2D eigenvalue weighted by atomic mass is 32.2. The summed E-state index contributed by atoms with van der Waals surface area (Å²) in [7, 11) is 0. The molecule has 136 valence electrons. The molecule has 2 aromatic heterocycles. The summed E-state index contributed by atoms with van der Waals surface area (Å²) in [6.45, 7) is 4.87. The number of nitrogens with zero attached hydrogens (tertiary/aromatic N) is 3. The number of anilines is 1. The minimum absolute atomic E-state index is 0.0999. The molecule has 0 unspecified atom stereocenters. The Labute approximate surface area is 154 Å². The Hall–Kier alpha value is -2.61. The predicted octanol–water partition coefficient (Wildman–Crippen LogP) is 4.06. The summed E-state index contributed by atoms with van der Waals surface area (Å²) >= 11 is 1.25. The first-order valence-corrected chi connectivity index (χ1v) is 9.17. The zero-order valence-electron chi connectivity index (χ0n) is 14.5. The highest BCUT2D eigenvalue weighted by Crippen LogP contribution is 2.25. The third-order valence-electron chi connectivity index (χ3n) is 3.49. The van der Waals surface area contributed by atoms with Gasteiger partial charge in [-0.25, -0.2) is 4.39 Å². The molecule has 3 rings (SSSR count). The second kappa shape index (κ2) is 8.18. The van der Waals surface area contributed by atoms with E-state index in [2.05, 4.69) is 29.4 Å². The van der Waals surface area contributed by atoms with E-state index in [0.717, 1.165) is 0 Å². The Morgan fingerprint density at radius 2 is 2.08 bits per heavy atom. The average molecular weight is 374 g/mol. The molecule has 0 bridgehead atoms. The van der Waals surface area contributed by atoms with Crippen molar-refractivity contribution in [3.8, 4) is 11.6 Å². The van der Waals surface area contributed by atoms with Crippen molar-refractivity contribution >= 4 is 23.4 Å². The maximum absolute atomic E-state index is 13.6. The van der Waals surface area contributed by atoms with E-state index in [4.69, 9.17) is 4.42 Å². The Balaban J connectivity index is 1.71. The van der Waals surface area contributed by atoms with E-state index in [1.165, 1.54) is 23.9 Å². The van der Waals surface area contributed by atoms with Gasteiger partial charge in [-0.1, -0.05) is 37.7 Å². The molecule has 2 heterocycles. The van der Waals surface area contributed by atoms with Gasteiger partial charge in [0.2, 0.25) is 5.91 Å². The summed E-state index contributed by atoms with van der Waals surface area (Å²) in [5.74, 6) is 0.948. The number of carbonyl (C=O) groups is 1. The fourth-order valence-corrected chi connectivity index (χ4v) is 3.14. The third-order valence-corrected chi connectivity index (χ3v) is 4.45. The molecule has 0 saturated carbocycles. The molecular formula is C18H19FN4O2S. The summed E-state index contributed by atoms with van der Waals surface area (Å²) in [6, 6.07) is 9.68. The van der Waals surface area contributed by atoms with E-state index in [9.17, 15) is 9.18 Å². The van der Waals surface area contributed by atoms with Gasteiger partial charge in [0.25, 0.3) is 0 Å². The van der Waals surface area contributed by atoms with Crippen molar-refractivity contribution in [2.45, 2.75) is 25.5 Å². The van der Waals surface area contributed by atoms with Crippen LogP contribution >= 0.6 is 11.8 Å². The Kier molecular flexibility index (Phi) is 5.72. The number of amides is 1. The highest BCUT2D eigenvalue weighted by Gasteiger charge is 2.18. The van der Waals surface area contributed by atoms with Crippen LogP contribution in [0.5, 0.6) is 0 Å². The Bertz CT molecular complexity index is 877. The summed E-state index contributed by atoms with van der Waals surface area (Å²) in [5.41, 5.74) is 0.165. The van der Waals surface area contributed by atoms with Gasteiger partial charge in [0, 0.05) is 6.54 Å². The molecule has 26 heavy (non-hydrogen) atoms. The van der Waals surface area contributed by atoms with Crippen molar-refractivity contribution in [1.82, 2.24) is 14.8 Å². The lowest BCUT2D eigenvalue weighted by Crippen LogP contribution is -2.16. The lowest BCUT2D eigenvalue weighted by Gasteiger charge is -2.11. The van der Waals surface area contributed by atoms with Gasteiger partial charge in [-0.15, -0.1) is 10.2 Å². The fourth-order valence-electron chi connectivity index (χ4n) is 2.39. The lowest BCUT2D eigenvalue weighted by molar-refractivity contribution is -0.113. The van der Waals surface area contributed by atoms with Gasteiger partial charge in [-0.3, -0.25) is 9.36 Å². The first-order valence-electron chi connectivity index (χ1n) is 8.19. The van der Waals surface area contributed by atoms with E-state index in [1.807, 2.05) is 10.6 Å². The van der Waals surface area contributed by atoms with Gasteiger partial charge in [-0.05, 0) is 30.2 Å². The van der Waals surface area contributed by atoms with Crippen molar-refractivity contribution in [3.63, 3.8) is 0 Å². The van der Waals surface area contributed by atoms with Gasteiger partial charge in [-0.2, -0.15) is 0 Å². The third kappa shape index (κ3) is 4.32. The monoisotopic (exact) mass is 374 g/mol. The van der Waals surface area contributed by atoms with Crippen molar-refractivity contribution in [3.05, 3.63) is 48.5 Å². The normalized spacial score (nSPS) is 11.1. The topological polar surface area (TPSA) is 73.0 Å². The number of aromatic nitrogens is 3. The molecule has 8 heteroatoms. The Morgan fingerprint density at radius 3 is 2.77 bits per heavy atom. The molecule has 0 aliphatic rings. The Morgan fingerprint density at radius 1 is 1.27 bits per heavy atom. The standard InChI is InChI=1S/C18H19FN4O2S/c1-12(2)10-23-17(15-8-5-9-25-15)21-22-18(23)26-11-16(24)20-14-7-4-3-6-13(14)19/h3-9,12H,10-11H2,1-2H3,(H,20,24). The SMILES string of the molecule is CC(C)Cn1c(SCC(=O)Nc2ccccc2F)nnc1-c1ccco1. The largest absolute Gasteiger partial charge is 0.461 e. The molecule has 1 aromatic carbocycles. The molecule has 0 radical (unpaired) electrons. The molecule has 0 atom stereocenters. The van der Waals surface area contributed by atoms with Crippen LogP contribution in [0.3, 0.4) is 0 Å². The van der Waals surface area contributed by atoms with Crippen LogP contribution in [0, 0.1) is 11.7 Å². The highest BCUT2D eigenvalue weighted by molar-refractivity contribution is 7.99. The maximum Gasteiger partial charge on any atom is 0.234 e. The molecule has 0 saturated heterocycles. The van der Waals surface area contributed by atoms with Crippen molar-refractivity contribution < 1.29 is 13.6 Å². The van der Waals surface area contributed by atoms with Gasteiger partial charge in [0.1, 0.15) is 5.82 Å². The van der Waals surface area contributed by atoms with E-state index in [-0.39, 0.29) is 17.3 Å². The number of nitrogens with one attached hydrogen (secondary N) is 1. The van der Waals surface area contributed by atoms with Gasteiger partial charge >= 0.3 is 0 Å². The molecule has 1 amide bonds. The summed E-state index contributed by atoms with van der Waals surface area (Å²) < 4.78 is 21.0. The fraction of sp³-hybridized carbons (Fsp3) is 0.278. The van der Waals surface area contributed by atoms with Crippen molar-refractivity contribution in [1.29, 1.82) is 0 Å². The number of hydrogen-bond acceptors (Lipinski definition) is 5. The van der Waals surface area contributed by atoms with Crippen LogP contribution in [0.2, 0.25) is 0 Å². The molecule has 3 aromatic rings. The number of furan rings is 1. The van der Waals surface area contributed by atoms with E-state index < -0.39 is 5.82 Å². The minimum atomic E-state index is -0.464. The smallest absolute Gasteiger partial charge is 0.234 e. The van der Waals surface area contributed by atoms with Crippen molar-refractivity contribution in [2.75, 3.05) is 11.1 Å². The number of para-hydroxylation sites is 1. The number of halogens is 1. The van der Waals surface area contributed by atoms with Gasteiger partial charge < -0.3 is 9.73 Å². The quantitative estimate of drug-likeness (QED) is 0.631. The second-order valence-corrected chi connectivity index (χ2v) is 7.05. The zero-order valence-corrected chi connectivity index (χ0v) is 15.3. The van der Waals surface area contributed by atoms with E-state index >= 15 is 0 Å². The maximum atomic E-state index is 13.6. The van der Waals surface area contributed by atoms with Crippen LogP contribution in [0.15, 0.2) is 52.2 Å². The first kappa shape index (κ1) is 18.2. The summed E-state index contributed by atoms with van der Waals surface area (Å²) in [4.78, 5) is 12.1. The molecule has 1 N–H and O–H groups in total. The summed E-state index contributed by atoms with van der Waals surface area (Å²) in [5, 5.41) is 11.6. The second-order valence-electron chi connectivity index (χ2n) is 6.10. The first-order chi connectivity index (χ1) is 12.5. The van der Waals surface area contributed by atoms with Crippen LogP contribution in [-0.4, -0.2) is 26.4 Å². The summed E-state index contributed by atoms with van der Waals surface area (Å²) in [6.07, 6.45) is 1.58. The van der Waals surface area contributed by atoms with Crippen LogP contribution in [0.1, 0.15) is 13.8 Å². The van der Waals surface area contributed by atoms with E-state index in [1.54, 1.807) is 24.5 Å². The number of benzene rings is 1. The van der Waals surface area contributed by atoms with Crippen LogP contribution in [0.4, 0.5) is 10.1 Å². The number of rotatable bonds is 7. The molecule has 0 aliphatic carbocycles. The number of carbonyl (C=O) groups excluding carboxylic acids is 1. The molecule has 6 nitrogen and oxygen atoms in total. The van der Waals surface area contributed by atoms with Crippen molar-refractivity contribution in [2.24, 2.45) is 5.92 Å². The molecule has 0 aliphatic heterocycles. The van der Waals surface area contributed by atoms with Crippen LogP contribution in [-0.2, 0) is 11.3 Å². The zero-order chi connectivity index (χ0) is 18.5. The minimum Gasteiger partial charge on any atom is -0.461 e. The van der Waals surface area contributed by atoms with Gasteiger partial charge in [0.15, 0.2) is 16.7 Å². The van der Waals surface area contributed by atoms with E-state index in [0.29, 0.717) is 29.2 Å². The van der Waals surface area contributed by atoms with Crippen LogP contribution < -0.4 is 5.32 Å². The molecule has 0 spiro atoms. The lowest BCUT2D eigenvalue weighted by atomic mass is 10.2.